The average Bonchev–Trinajstić information content (AvgIpc) is 0.798. The SMILES string of the molecule is C.CC(C)(C)OC(=O)[C@H](CCCN)NC(=O)c1cccn(C(c2ccccc2)c2ccccc2)c1=O.CC(C)N=C=NC(C)C.CC(C)NC(=NCCC[C@H](NC(=O)c1cccn(C(c2ccccc2)c2ccccc2)c1=O)C(=O)O)NC(C)C.CC(C)NC(=NCCC[C@H](NC(=O)c1cccn(C(c2ccccc2)c2ccccc2)c1=O)C(=O)OC(C)(C)C)NC(C)C.O=CC(F)(F)F. The molecule has 9 aromatic rings. The third-order valence-electron chi connectivity index (χ3n) is 18.8. The van der Waals surface area contributed by atoms with Crippen molar-refractivity contribution in [2.45, 2.75) is 260 Å². The lowest BCUT2D eigenvalue weighted by Crippen LogP contribution is -2.46. The summed E-state index contributed by atoms with van der Waals surface area (Å²) in [6, 6.07) is 66.8. The lowest BCUT2D eigenvalue weighted by atomic mass is 9.98. The summed E-state index contributed by atoms with van der Waals surface area (Å²) in [5, 5.41) is 30.8. The molecule has 3 aromatic heterocycles. The largest absolute Gasteiger partial charge is 0.480 e. The van der Waals surface area contributed by atoms with Gasteiger partial charge in [0.05, 0.1) is 36.2 Å². The highest BCUT2D eigenvalue weighted by Gasteiger charge is 2.33. The first-order valence-electron chi connectivity index (χ1n) is 45.0. The molecule has 135 heavy (non-hydrogen) atoms. The van der Waals surface area contributed by atoms with Gasteiger partial charge >= 0.3 is 24.1 Å². The number of rotatable bonds is 35. The summed E-state index contributed by atoms with van der Waals surface area (Å²) in [6.07, 6.45) is 1.53. The van der Waals surface area contributed by atoms with Gasteiger partial charge in [-0.1, -0.05) is 189 Å². The second-order valence-electron chi connectivity index (χ2n) is 35.1. The Morgan fingerprint density at radius 3 is 0.844 bits per heavy atom. The van der Waals surface area contributed by atoms with Gasteiger partial charge in [-0.3, -0.25) is 43.5 Å². The number of carboxylic acids is 1. The molecule has 728 valence electrons. The normalized spacial score (nSPS) is 11.8. The van der Waals surface area contributed by atoms with E-state index in [4.69, 9.17) is 20.0 Å². The Bertz CT molecular complexity index is 5290. The number of carbonyl (C=O) groups is 7. The van der Waals surface area contributed by atoms with E-state index >= 15 is 0 Å². The van der Waals surface area contributed by atoms with E-state index in [0.29, 0.717) is 75.7 Å². The molecule has 0 saturated heterocycles. The van der Waals surface area contributed by atoms with E-state index in [1.165, 1.54) is 22.8 Å². The number of pyridine rings is 3. The molecule has 3 amide bonds. The predicted molar refractivity (Wildman–Crippen MR) is 529 cm³/mol. The Kier molecular flexibility index (Phi) is 48.6. The van der Waals surface area contributed by atoms with Gasteiger partial charge in [-0.15, -0.1) is 0 Å². The van der Waals surface area contributed by atoms with Gasteiger partial charge in [0.1, 0.15) is 46.0 Å². The summed E-state index contributed by atoms with van der Waals surface area (Å²) in [7, 11) is 0. The van der Waals surface area contributed by atoms with Crippen LogP contribution in [0.25, 0.3) is 0 Å². The highest BCUT2D eigenvalue weighted by atomic mass is 19.4. The number of nitrogens with zero attached hydrogens (tertiary/aromatic N) is 7. The van der Waals surface area contributed by atoms with Crippen molar-refractivity contribution in [1.82, 2.24) is 50.9 Å². The van der Waals surface area contributed by atoms with Crippen LogP contribution < -0.4 is 59.6 Å². The first-order chi connectivity index (χ1) is 63.4. The molecule has 0 aliphatic heterocycles. The van der Waals surface area contributed by atoms with Crippen molar-refractivity contribution in [2.24, 2.45) is 25.7 Å². The van der Waals surface area contributed by atoms with Crippen molar-refractivity contribution in [3.8, 4) is 0 Å². The van der Waals surface area contributed by atoms with Gasteiger partial charge in [0.25, 0.3) is 34.4 Å². The molecule has 6 aromatic carbocycles. The topological polar surface area (TPSA) is 384 Å². The highest BCUT2D eigenvalue weighted by molar-refractivity contribution is 5.98. The zero-order chi connectivity index (χ0) is 99.3. The van der Waals surface area contributed by atoms with Crippen LogP contribution in [0, 0.1) is 0 Å². The monoisotopic (exact) mass is 1860 g/mol. The van der Waals surface area contributed by atoms with Gasteiger partial charge in [-0.05, 0) is 239 Å². The number of ether oxygens (including phenoxy) is 2. The van der Waals surface area contributed by atoms with Gasteiger partial charge in [0.2, 0.25) is 6.29 Å². The number of hydrogen-bond acceptors (Lipinski definition) is 17. The zero-order valence-electron chi connectivity index (χ0n) is 80.1. The van der Waals surface area contributed by atoms with Crippen molar-refractivity contribution in [2.75, 3.05) is 19.6 Å². The second kappa shape index (κ2) is 57.7. The first-order valence-corrected chi connectivity index (χ1v) is 45.0. The van der Waals surface area contributed by atoms with E-state index in [1.54, 1.807) is 87.5 Å². The maximum absolute atomic E-state index is 13.8. The van der Waals surface area contributed by atoms with Gasteiger partial charge in [0.15, 0.2) is 11.9 Å². The molecule has 31 heteroatoms. The molecular formula is C104H138F3N15O13. The van der Waals surface area contributed by atoms with Crippen LogP contribution in [0.1, 0.15) is 253 Å². The van der Waals surface area contributed by atoms with E-state index in [-0.39, 0.29) is 54.7 Å². The lowest BCUT2D eigenvalue weighted by Gasteiger charge is -2.25. The van der Waals surface area contributed by atoms with Crippen molar-refractivity contribution in [3.63, 3.8) is 0 Å². The van der Waals surface area contributed by atoms with Gasteiger partial charge < -0.3 is 71.2 Å². The van der Waals surface area contributed by atoms with Gasteiger partial charge in [-0.25, -0.2) is 24.4 Å². The molecule has 28 nitrogen and oxygen atoms in total. The smallest absolute Gasteiger partial charge is 0.446 e. The van der Waals surface area contributed by atoms with Crippen LogP contribution in [0.2, 0.25) is 0 Å². The maximum Gasteiger partial charge on any atom is 0.446 e. The Morgan fingerprint density at radius 2 is 0.630 bits per heavy atom. The molecule has 0 aliphatic carbocycles. The number of aldehydes is 1. The number of alkyl halides is 3. The molecule has 0 spiro atoms. The fourth-order valence-electron chi connectivity index (χ4n) is 13.1. The molecule has 0 bridgehead atoms. The van der Waals surface area contributed by atoms with Crippen LogP contribution >= 0.6 is 0 Å². The molecule has 10 N–H and O–H groups in total. The van der Waals surface area contributed by atoms with Crippen LogP contribution in [0.5, 0.6) is 0 Å². The summed E-state index contributed by atoms with van der Waals surface area (Å²) in [4.78, 5) is 145. The van der Waals surface area contributed by atoms with Crippen LogP contribution in [-0.4, -0.2) is 170 Å². The van der Waals surface area contributed by atoms with Crippen LogP contribution in [0.4, 0.5) is 13.2 Å². The Morgan fingerprint density at radius 1 is 0.393 bits per heavy atom. The quantitative estimate of drug-likeness (QED) is 0.00586. The Labute approximate surface area is 791 Å². The van der Waals surface area contributed by atoms with E-state index in [2.05, 4.69) is 63.2 Å². The molecule has 3 heterocycles. The number of nitrogens with one attached hydrogen (secondary N) is 7. The molecular weight excluding hydrogens is 1720 g/mol. The number of nitrogens with two attached hydrogens (primary N) is 1. The Hall–Kier alpha value is -13.7. The van der Waals surface area contributed by atoms with Crippen molar-refractivity contribution < 1.29 is 61.3 Å². The summed E-state index contributed by atoms with van der Waals surface area (Å²) in [5.74, 6) is -2.93. The summed E-state index contributed by atoms with van der Waals surface area (Å²) < 4.78 is 47.0. The molecule has 0 saturated carbocycles. The third-order valence-corrected chi connectivity index (χ3v) is 18.8. The number of benzene rings is 6. The number of aliphatic carboxylic acids is 1. The minimum Gasteiger partial charge on any atom is -0.480 e. The van der Waals surface area contributed by atoms with Crippen molar-refractivity contribution >= 4 is 59.8 Å². The van der Waals surface area contributed by atoms with Crippen molar-refractivity contribution in [1.29, 1.82) is 0 Å². The van der Waals surface area contributed by atoms with E-state index in [9.17, 15) is 61.4 Å². The fourth-order valence-corrected chi connectivity index (χ4v) is 13.1. The highest BCUT2D eigenvalue weighted by Crippen LogP contribution is 2.29. The number of guanidine groups is 2. The molecule has 3 atom stereocenters. The molecule has 0 radical (unpaired) electrons. The predicted octanol–water partition coefficient (Wildman–Crippen LogP) is 15.9. The van der Waals surface area contributed by atoms with Crippen LogP contribution in [-0.2, 0) is 28.7 Å². The number of halogens is 3. The number of carboxylic acid groups (broad SMARTS) is 1. The maximum atomic E-state index is 13.8. The van der Waals surface area contributed by atoms with E-state index in [1.807, 2.05) is 265 Å². The van der Waals surface area contributed by atoms with Crippen LogP contribution in [0.15, 0.2) is 271 Å². The Balaban J connectivity index is 0.000000392. The molecule has 0 unspecified atom stereocenters. The number of amides is 3. The van der Waals surface area contributed by atoms with Crippen LogP contribution in [0.3, 0.4) is 0 Å². The number of esters is 2. The van der Waals surface area contributed by atoms with E-state index in [0.717, 1.165) is 33.4 Å². The zero-order valence-corrected chi connectivity index (χ0v) is 80.1. The van der Waals surface area contributed by atoms with Gasteiger partial charge in [0, 0.05) is 55.8 Å². The standard InChI is InChI=1S/C35H47N5O4.C31H39N5O4.C28H33N3O4.C7H14N2.C2HF3O.CH4/c1-24(2)37-34(38-25(3)4)36-22-14-21-29(33(43)44-35(5,6)7)39-31(41)28-20-15-23-40(32(28)42)30(26-16-10-8-11-17-26)27-18-12-9-13-19-27;1-21(2)33-31(34-22(3)4)32-19-11-18-26(30(39)40)35-28(37)25-17-12-20-36(29(25)38)27(23-13-7-5-8-14-23)24-15-9-6-10-16-24;1-28(2,3)35-27(34)23(17-10-18-29)30-25(32)22-16-11-19-31(26(22)33)24(20-12-6-4-7-13-20)21-14-8-5-9-15-21;1-6(2)8-5-9-7(3)4;3-2(4,5)1-6;/h8-13,15-20,23-25,29-30H,14,21-22H2,1-7H3,(H,39,41)(H2,36,37,38);5-10,12-17,20-22,26-27H,11,18-19H2,1-4H3,(H,35,37)(H,39,40)(H2,32,33,34);4-9,11-16,19,23-24H,10,17-18,29H2,1-3H3,(H,30,32);6-7H,1-4H3;1H;1H4/t29-;26-;23-;;;/m000.../s1. The number of carbonyl (C=O) groups excluding carboxylic acids is 6. The fraction of sp³-hybridized carbons (Fsp3) is 0.413. The van der Waals surface area contributed by atoms with Crippen molar-refractivity contribution in [3.05, 3.63) is 318 Å². The first kappa shape index (κ1) is 114. The summed E-state index contributed by atoms with van der Waals surface area (Å²) in [5.41, 5.74) is 7.93. The molecule has 0 fully saturated rings. The molecule has 9 rings (SSSR count). The minimum absolute atomic E-state index is 0. The molecule has 0 aliphatic rings. The summed E-state index contributed by atoms with van der Waals surface area (Å²) >= 11 is 0. The second-order valence-corrected chi connectivity index (χ2v) is 35.1. The number of hydrogen-bond donors (Lipinski definition) is 9. The van der Waals surface area contributed by atoms with E-state index < -0.39 is 112 Å². The number of aliphatic imine (C=N–C) groups is 4. The summed E-state index contributed by atoms with van der Waals surface area (Å²) in [6.45, 7) is 35.9. The lowest BCUT2D eigenvalue weighted by molar-refractivity contribution is -0.158. The third kappa shape index (κ3) is 41.6. The average molecular weight is 1860 g/mol. The minimum atomic E-state index is -4.64. The number of aromatic nitrogens is 3. The van der Waals surface area contributed by atoms with Gasteiger partial charge in [-0.2, -0.15) is 13.2 Å².